The second kappa shape index (κ2) is 7.53. The van der Waals surface area contributed by atoms with Crippen LogP contribution in [-0.2, 0) is 43.2 Å². The lowest BCUT2D eigenvalue weighted by atomic mass is 10.1. The molecule has 2 aromatic rings. The number of aromatic nitrogens is 2. The summed E-state index contributed by atoms with van der Waals surface area (Å²) in [6, 6.07) is 7.76. The molecular weight excluding hydrogens is 388 g/mol. The fourth-order valence-electron chi connectivity index (χ4n) is 3.87. The Morgan fingerprint density at radius 2 is 2.18 bits per heavy atom. The summed E-state index contributed by atoms with van der Waals surface area (Å²) in [5.74, 6) is 4.54. The van der Waals surface area contributed by atoms with Crippen LogP contribution in [0.4, 0.5) is 0 Å². The Bertz CT molecular complexity index is 902. The molecule has 2 unspecified atom stereocenters. The number of esters is 1. The highest BCUT2D eigenvalue weighted by molar-refractivity contribution is 7.94. The van der Waals surface area contributed by atoms with Crippen LogP contribution in [0, 0.1) is 0 Å². The van der Waals surface area contributed by atoms with E-state index in [4.69, 9.17) is 15.7 Å². The van der Waals surface area contributed by atoms with Gasteiger partial charge in [0.25, 0.3) is 0 Å². The van der Waals surface area contributed by atoms with Crippen molar-refractivity contribution in [1.29, 1.82) is 0 Å². The minimum absolute atomic E-state index is 0.114. The van der Waals surface area contributed by atoms with Gasteiger partial charge in [-0.15, -0.1) is 13.9 Å². The Kier molecular flexibility index (Phi) is 5.08. The van der Waals surface area contributed by atoms with Gasteiger partial charge < -0.3 is 9.84 Å². The van der Waals surface area contributed by atoms with Crippen molar-refractivity contribution in [3.63, 3.8) is 0 Å². The van der Waals surface area contributed by atoms with Crippen molar-refractivity contribution in [3.05, 3.63) is 48.0 Å². The molecule has 1 aromatic carbocycles. The van der Waals surface area contributed by atoms with Crippen LogP contribution in [0.1, 0.15) is 17.7 Å². The van der Waals surface area contributed by atoms with Gasteiger partial charge in [-0.3, -0.25) is 0 Å². The fourth-order valence-corrected chi connectivity index (χ4v) is 4.23. The summed E-state index contributed by atoms with van der Waals surface area (Å²) < 4.78 is 14.2. The molecule has 0 amide bonds. The molecule has 0 saturated carbocycles. The lowest BCUT2D eigenvalue weighted by Gasteiger charge is -2.27. The lowest BCUT2D eigenvalue weighted by Crippen LogP contribution is -2.48. The first-order valence-corrected chi connectivity index (χ1v) is 9.40. The van der Waals surface area contributed by atoms with Crippen LogP contribution in [0.25, 0.3) is 0 Å². The van der Waals surface area contributed by atoms with Gasteiger partial charge in [0, 0.05) is 11.3 Å². The summed E-state index contributed by atoms with van der Waals surface area (Å²) in [6.07, 6.45) is 3.80. The molecule has 0 radical (unpaired) electrons. The highest BCUT2D eigenvalue weighted by Crippen LogP contribution is 2.39. The summed E-state index contributed by atoms with van der Waals surface area (Å²) in [6.45, 7) is 1.40. The molecule has 10 nitrogen and oxygen atoms in total. The van der Waals surface area contributed by atoms with E-state index in [0.29, 0.717) is 17.6 Å². The maximum absolute atomic E-state index is 12.0. The van der Waals surface area contributed by atoms with E-state index < -0.39 is 12.3 Å². The average Bonchev–Trinajstić information content (AvgIpc) is 3.27. The molecular formula is C17H20N4O6S+2. The first kappa shape index (κ1) is 18.9. The van der Waals surface area contributed by atoms with Crippen molar-refractivity contribution in [2.24, 2.45) is 5.90 Å². The smallest absolute Gasteiger partial charge is 0.391 e. The third kappa shape index (κ3) is 3.50. The number of carbonyl (C=O) groups excluding carboxylic acids is 1. The molecule has 2 atom stereocenters. The maximum atomic E-state index is 12.0. The quantitative estimate of drug-likeness (QED) is 0.160. The Labute approximate surface area is 164 Å². The highest BCUT2D eigenvalue weighted by Gasteiger charge is 2.60. The largest absolute Gasteiger partial charge is 0.478 e. The Morgan fingerprint density at radius 3 is 2.89 bits per heavy atom. The van der Waals surface area contributed by atoms with Crippen molar-refractivity contribution in [1.82, 2.24) is 4.57 Å². The van der Waals surface area contributed by atoms with Crippen molar-refractivity contribution >= 4 is 24.0 Å². The van der Waals surface area contributed by atoms with Crippen molar-refractivity contribution in [2.45, 2.75) is 30.8 Å². The van der Waals surface area contributed by atoms with Crippen molar-refractivity contribution in [3.8, 4) is 0 Å². The molecule has 0 aliphatic carbocycles. The number of hydrogen-bond acceptors (Lipinski definition) is 7. The number of fused-ring (bicyclic) bond motifs is 3. The fraction of sp³-hybridized carbons (Fsp3) is 0.353. The number of carbonyl (C=O) groups is 2. The van der Waals surface area contributed by atoms with Gasteiger partial charge in [-0.2, -0.15) is 5.90 Å². The summed E-state index contributed by atoms with van der Waals surface area (Å²) >= 11 is 1.02. The summed E-state index contributed by atoms with van der Waals surface area (Å²) in [4.78, 5) is 28.1. The van der Waals surface area contributed by atoms with Crippen LogP contribution >= 0.6 is 12.0 Å². The summed E-state index contributed by atoms with van der Waals surface area (Å²) in [7, 11) is 0. The topological polar surface area (TPSA) is 117 Å². The number of carboxylic acid groups (broad SMARTS) is 1. The normalized spacial score (nSPS) is 22.8. The molecule has 148 valence electrons. The van der Waals surface area contributed by atoms with Gasteiger partial charge in [0.2, 0.25) is 0 Å². The molecule has 2 aliphatic rings. The zero-order valence-corrected chi connectivity index (χ0v) is 15.7. The van der Waals surface area contributed by atoms with Gasteiger partial charge in [-0.1, -0.05) is 12.1 Å². The Hall–Kier alpha value is -2.44. The van der Waals surface area contributed by atoms with E-state index in [9.17, 15) is 9.59 Å². The molecule has 3 heterocycles. The third-order valence-electron chi connectivity index (χ3n) is 5.12. The van der Waals surface area contributed by atoms with Crippen LogP contribution in [0.15, 0.2) is 41.6 Å². The molecule has 2 aliphatic heterocycles. The van der Waals surface area contributed by atoms with Gasteiger partial charge in [0.15, 0.2) is 19.6 Å². The molecule has 1 saturated heterocycles. The molecule has 0 spiro atoms. The maximum Gasteiger partial charge on any atom is 0.391 e. The number of nitrogens with zero attached hydrogens (tertiary/aromatic N) is 3. The van der Waals surface area contributed by atoms with Gasteiger partial charge in [0.05, 0.1) is 18.6 Å². The molecule has 28 heavy (non-hydrogen) atoms. The minimum Gasteiger partial charge on any atom is -0.478 e. The predicted molar refractivity (Wildman–Crippen MR) is 93.5 cm³/mol. The number of rotatable bonds is 8. The van der Waals surface area contributed by atoms with Crippen LogP contribution in [-0.4, -0.2) is 39.2 Å². The van der Waals surface area contributed by atoms with E-state index in [-0.39, 0.29) is 19.1 Å². The van der Waals surface area contributed by atoms with E-state index >= 15 is 0 Å². The highest BCUT2D eigenvalue weighted by atomic mass is 32.2. The number of carboxylic acids is 1. The van der Waals surface area contributed by atoms with E-state index in [1.165, 1.54) is 0 Å². The van der Waals surface area contributed by atoms with Gasteiger partial charge in [0.1, 0.15) is 12.4 Å². The number of quaternary nitrogens is 1. The van der Waals surface area contributed by atoms with E-state index in [1.807, 2.05) is 28.8 Å². The zero-order chi connectivity index (χ0) is 19.7. The first-order chi connectivity index (χ1) is 13.5. The lowest BCUT2D eigenvalue weighted by molar-refractivity contribution is -0.971. The van der Waals surface area contributed by atoms with Gasteiger partial charge >= 0.3 is 24.1 Å². The third-order valence-corrected chi connectivity index (χ3v) is 5.74. The zero-order valence-electron chi connectivity index (χ0n) is 14.9. The van der Waals surface area contributed by atoms with Crippen molar-refractivity contribution in [2.75, 3.05) is 13.1 Å². The minimum atomic E-state index is -0.906. The molecule has 11 heteroatoms. The van der Waals surface area contributed by atoms with Gasteiger partial charge in [-0.25, -0.2) is 18.6 Å². The van der Waals surface area contributed by atoms with E-state index in [1.54, 1.807) is 17.0 Å². The Balaban J connectivity index is 1.49. The monoisotopic (exact) mass is 408 g/mol. The average molecular weight is 408 g/mol. The van der Waals surface area contributed by atoms with Crippen LogP contribution in [0.2, 0.25) is 0 Å². The number of imidazole rings is 1. The number of hydrogen-bond donors (Lipinski definition) is 2. The summed E-state index contributed by atoms with van der Waals surface area (Å²) in [5.41, 5.74) is 1.11. The Morgan fingerprint density at radius 1 is 1.39 bits per heavy atom. The SMILES string of the molecule is NOOSc1ccc(CC[N+]23CC(=O)OC2n2cc[n+](CC(=O)O)c2C3)cc1. The van der Waals surface area contributed by atoms with Crippen LogP contribution < -0.4 is 10.5 Å². The number of benzene rings is 1. The van der Waals surface area contributed by atoms with Crippen LogP contribution in [0.5, 0.6) is 0 Å². The van der Waals surface area contributed by atoms with E-state index in [0.717, 1.165) is 34.7 Å². The van der Waals surface area contributed by atoms with Crippen LogP contribution in [0.3, 0.4) is 0 Å². The second-order valence-electron chi connectivity index (χ2n) is 6.86. The summed E-state index contributed by atoms with van der Waals surface area (Å²) in [5, 5.41) is 9.11. The standard InChI is InChI=1S/C17H19N4O6S/c18-26-27-28-13-3-1-12(2-4-13)5-8-21-10-14-19(9-15(22)23)6-7-20(14)17(21)25-16(24)11-21/h1-4,6-7,17H,5,8-11,18H2/q+1/p+1. The first-order valence-electron chi connectivity index (χ1n) is 8.66. The molecule has 0 bridgehead atoms. The molecule has 4 rings (SSSR count). The number of aliphatic carboxylic acids is 1. The van der Waals surface area contributed by atoms with E-state index in [2.05, 4.69) is 9.32 Å². The molecule has 1 aromatic heterocycles. The molecule has 3 N–H and O–H groups in total. The second-order valence-corrected chi connectivity index (χ2v) is 7.63. The van der Waals surface area contributed by atoms with Gasteiger partial charge in [-0.05, 0) is 17.7 Å². The van der Waals surface area contributed by atoms with Crippen molar-refractivity contribution < 1.29 is 37.8 Å². The number of ether oxygens (including phenoxy) is 1. The molecule has 1 fully saturated rings. The predicted octanol–water partition coefficient (Wildman–Crippen LogP) is 0.275. The number of nitrogens with two attached hydrogens (primary N) is 1.